The summed E-state index contributed by atoms with van der Waals surface area (Å²) < 4.78 is 16.5. The third-order valence-corrected chi connectivity index (χ3v) is 3.98. The molecule has 1 rings (SSSR count). The number of benzene rings is 1. The van der Waals surface area contributed by atoms with Crippen molar-refractivity contribution in [3.63, 3.8) is 0 Å². The summed E-state index contributed by atoms with van der Waals surface area (Å²) in [5.74, 6) is -0.463. The predicted molar refractivity (Wildman–Crippen MR) is 118 cm³/mol. The van der Waals surface area contributed by atoms with Crippen LogP contribution in [0.25, 0.3) is 0 Å². The fraction of sp³-hybridized carbons (Fsp3) is 0.667. The standard InChI is InChI=1S/C24H39NO5/c1-23(2,3)29-21(26)13-16-25(17-14-22(27)30-24(4,5)6)15-10-18-28-19-20-11-8-7-9-12-20/h7-9,11-12H,10,13-19H2,1-6H3. The molecule has 1 aromatic rings. The Labute approximate surface area is 181 Å². The molecule has 0 saturated carbocycles. The Morgan fingerprint density at radius 1 is 0.800 bits per heavy atom. The normalized spacial score (nSPS) is 12.1. The molecule has 0 radical (unpaired) electrons. The van der Waals surface area contributed by atoms with E-state index in [4.69, 9.17) is 14.2 Å². The van der Waals surface area contributed by atoms with Crippen LogP contribution in [0, 0.1) is 0 Å². The quantitative estimate of drug-likeness (QED) is 0.369. The average molecular weight is 422 g/mol. The summed E-state index contributed by atoms with van der Waals surface area (Å²) in [4.78, 5) is 26.2. The minimum atomic E-state index is -0.496. The van der Waals surface area contributed by atoms with Crippen LogP contribution in [0.5, 0.6) is 0 Å². The van der Waals surface area contributed by atoms with Crippen molar-refractivity contribution < 1.29 is 23.8 Å². The maximum atomic E-state index is 12.1. The van der Waals surface area contributed by atoms with Gasteiger partial charge >= 0.3 is 11.9 Å². The van der Waals surface area contributed by atoms with Gasteiger partial charge in [0.1, 0.15) is 11.2 Å². The van der Waals surface area contributed by atoms with E-state index in [0.717, 1.165) is 18.5 Å². The van der Waals surface area contributed by atoms with E-state index in [0.29, 0.717) is 26.3 Å². The molecule has 0 fully saturated rings. The minimum Gasteiger partial charge on any atom is -0.460 e. The second-order valence-corrected chi connectivity index (χ2v) is 9.41. The summed E-state index contributed by atoms with van der Waals surface area (Å²) in [6, 6.07) is 10.0. The topological polar surface area (TPSA) is 65.1 Å². The molecule has 0 amide bonds. The van der Waals surface area contributed by atoms with Crippen molar-refractivity contribution in [1.29, 1.82) is 0 Å². The summed E-state index contributed by atoms with van der Waals surface area (Å²) >= 11 is 0. The van der Waals surface area contributed by atoms with Crippen molar-refractivity contribution >= 4 is 11.9 Å². The van der Waals surface area contributed by atoms with Crippen LogP contribution in [0.2, 0.25) is 0 Å². The van der Waals surface area contributed by atoms with Gasteiger partial charge in [-0.25, -0.2) is 0 Å². The molecule has 0 saturated heterocycles. The van der Waals surface area contributed by atoms with Crippen molar-refractivity contribution in [2.45, 2.75) is 78.6 Å². The van der Waals surface area contributed by atoms with Crippen molar-refractivity contribution in [2.75, 3.05) is 26.2 Å². The molecular weight excluding hydrogens is 382 g/mol. The van der Waals surface area contributed by atoms with E-state index in [1.165, 1.54) is 0 Å². The first-order valence-corrected chi connectivity index (χ1v) is 10.7. The minimum absolute atomic E-state index is 0.231. The van der Waals surface area contributed by atoms with Crippen molar-refractivity contribution in [3.8, 4) is 0 Å². The van der Waals surface area contributed by atoms with E-state index in [1.807, 2.05) is 71.9 Å². The molecule has 0 aliphatic heterocycles. The molecule has 30 heavy (non-hydrogen) atoms. The van der Waals surface area contributed by atoms with Crippen LogP contribution in [0.15, 0.2) is 30.3 Å². The molecule has 0 spiro atoms. The van der Waals surface area contributed by atoms with Gasteiger partial charge in [-0.15, -0.1) is 0 Å². The van der Waals surface area contributed by atoms with Crippen molar-refractivity contribution in [1.82, 2.24) is 4.90 Å². The molecule has 0 unspecified atom stereocenters. The lowest BCUT2D eigenvalue weighted by atomic mass is 10.2. The Hall–Kier alpha value is -1.92. The number of esters is 2. The monoisotopic (exact) mass is 421 g/mol. The van der Waals surface area contributed by atoms with Gasteiger partial charge in [0.25, 0.3) is 0 Å². The number of ether oxygens (including phenoxy) is 3. The summed E-state index contributed by atoms with van der Waals surface area (Å²) in [5.41, 5.74) is 0.150. The van der Waals surface area contributed by atoms with E-state index in [1.54, 1.807) is 0 Å². The zero-order valence-corrected chi connectivity index (χ0v) is 19.5. The van der Waals surface area contributed by atoms with Gasteiger partial charge in [0.15, 0.2) is 0 Å². The third-order valence-electron chi connectivity index (χ3n) is 3.98. The van der Waals surface area contributed by atoms with Crippen LogP contribution >= 0.6 is 0 Å². The second kappa shape index (κ2) is 12.7. The molecule has 6 nitrogen and oxygen atoms in total. The number of carbonyl (C=O) groups is 2. The van der Waals surface area contributed by atoms with Gasteiger partial charge < -0.3 is 19.1 Å². The molecule has 170 valence electrons. The van der Waals surface area contributed by atoms with E-state index in [2.05, 4.69) is 4.90 Å². The summed E-state index contributed by atoms with van der Waals surface area (Å²) in [5, 5.41) is 0. The van der Waals surface area contributed by atoms with Gasteiger partial charge in [-0.3, -0.25) is 9.59 Å². The number of hydrogen-bond acceptors (Lipinski definition) is 6. The Bertz CT molecular complexity index is 599. The van der Waals surface area contributed by atoms with Gasteiger partial charge in [-0.05, 0) is 53.5 Å². The van der Waals surface area contributed by atoms with Crippen LogP contribution in [0.4, 0.5) is 0 Å². The fourth-order valence-corrected chi connectivity index (χ4v) is 2.77. The molecular formula is C24H39NO5. The van der Waals surface area contributed by atoms with Crippen molar-refractivity contribution in [2.24, 2.45) is 0 Å². The molecule has 6 heteroatoms. The average Bonchev–Trinajstić information content (AvgIpc) is 2.61. The van der Waals surface area contributed by atoms with Gasteiger partial charge in [0, 0.05) is 26.2 Å². The highest BCUT2D eigenvalue weighted by molar-refractivity contribution is 5.70. The van der Waals surface area contributed by atoms with Gasteiger partial charge in [0.2, 0.25) is 0 Å². The molecule has 0 aromatic heterocycles. The third kappa shape index (κ3) is 14.1. The SMILES string of the molecule is CC(C)(C)OC(=O)CCN(CCCOCc1ccccc1)CCC(=O)OC(C)(C)C. The summed E-state index contributed by atoms with van der Waals surface area (Å²) in [6.07, 6.45) is 1.39. The largest absolute Gasteiger partial charge is 0.460 e. The van der Waals surface area contributed by atoms with Gasteiger partial charge in [-0.2, -0.15) is 0 Å². The number of rotatable bonds is 12. The Morgan fingerprint density at radius 3 is 1.77 bits per heavy atom. The van der Waals surface area contributed by atoms with Gasteiger partial charge in [0.05, 0.1) is 19.4 Å². The molecule has 0 bridgehead atoms. The number of hydrogen-bond donors (Lipinski definition) is 0. The molecule has 0 aliphatic rings. The highest BCUT2D eigenvalue weighted by Gasteiger charge is 2.19. The van der Waals surface area contributed by atoms with Crippen LogP contribution < -0.4 is 0 Å². The zero-order chi connectivity index (χ0) is 22.6. The van der Waals surface area contributed by atoms with Crippen LogP contribution in [0.3, 0.4) is 0 Å². The number of nitrogens with zero attached hydrogens (tertiary/aromatic N) is 1. The lowest BCUT2D eigenvalue weighted by molar-refractivity contribution is -0.155. The van der Waals surface area contributed by atoms with E-state index in [-0.39, 0.29) is 24.8 Å². The maximum Gasteiger partial charge on any atom is 0.307 e. The molecule has 0 heterocycles. The van der Waals surface area contributed by atoms with Crippen LogP contribution in [0.1, 0.15) is 66.4 Å². The zero-order valence-electron chi connectivity index (χ0n) is 19.5. The maximum absolute atomic E-state index is 12.1. The van der Waals surface area contributed by atoms with Crippen LogP contribution in [-0.2, 0) is 30.4 Å². The lowest BCUT2D eigenvalue weighted by Gasteiger charge is -2.25. The summed E-state index contributed by atoms with van der Waals surface area (Å²) in [6.45, 7) is 14.1. The molecule has 0 atom stereocenters. The number of carbonyl (C=O) groups excluding carboxylic acids is 2. The highest BCUT2D eigenvalue weighted by Crippen LogP contribution is 2.11. The highest BCUT2D eigenvalue weighted by atomic mass is 16.6. The molecule has 0 aliphatic carbocycles. The van der Waals surface area contributed by atoms with Crippen LogP contribution in [-0.4, -0.2) is 54.3 Å². The Morgan fingerprint density at radius 2 is 1.30 bits per heavy atom. The van der Waals surface area contributed by atoms with E-state index in [9.17, 15) is 9.59 Å². The van der Waals surface area contributed by atoms with E-state index < -0.39 is 11.2 Å². The predicted octanol–water partition coefficient (Wildman–Crippen LogP) is 4.36. The first-order valence-electron chi connectivity index (χ1n) is 10.7. The first-order chi connectivity index (χ1) is 13.9. The molecule has 0 N–H and O–H groups in total. The van der Waals surface area contributed by atoms with E-state index >= 15 is 0 Å². The molecule has 1 aromatic carbocycles. The Balaban J connectivity index is 2.43. The first kappa shape index (κ1) is 26.1. The second-order valence-electron chi connectivity index (χ2n) is 9.41. The summed E-state index contributed by atoms with van der Waals surface area (Å²) in [7, 11) is 0. The Kier molecular flexibility index (Phi) is 11.1. The van der Waals surface area contributed by atoms with Crippen molar-refractivity contribution in [3.05, 3.63) is 35.9 Å². The fourth-order valence-electron chi connectivity index (χ4n) is 2.77. The lowest BCUT2D eigenvalue weighted by Crippen LogP contribution is -2.33. The smallest absolute Gasteiger partial charge is 0.307 e. The van der Waals surface area contributed by atoms with Gasteiger partial charge in [-0.1, -0.05) is 30.3 Å².